The Morgan fingerprint density at radius 2 is 1.86 bits per heavy atom. The minimum absolute atomic E-state index is 0. The maximum Gasteiger partial charge on any atom is 0.227 e. The van der Waals surface area contributed by atoms with Crippen LogP contribution in [0.25, 0.3) is 0 Å². The Balaban J connectivity index is 0.00000216. The number of ether oxygens (including phenoxy) is 1. The van der Waals surface area contributed by atoms with Gasteiger partial charge in [0, 0.05) is 50.4 Å². The number of likely N-dealkylation sites (N-methyl/N-ethyl adjacent to an activating group) is 1. The number of hydrogen-bond acceptors (Lipinski definition) is 5. The first-order valence-electron chi connectivity index (χ1n) is 12.1. The molecule has 6 nitrogen and oxygen atoms in total. The molecule has 1 saturated heterocycles. The van der Waals surface area contributed by atoms with Crippen molar-refractivity contribution in [2.24, 2.45) is 0 Å². The van der Waals surface area contributed by atoms with Gasteiger partial charge in [0.25, 0.3) is 0 Å². The number of nitrogens with zero attached hydrogens (tertiary/aromatic N) is 3. The highest BCUT2D eigenvalue weighted by Crippen LogP contribution is 2.35. The van der Waals surface area contributed by atoms with Crippen molar-refractivity contribution in [2.75, 3.05) is 52.8 Å². The van der Waals surface area contributed by atoms with E-state index in [0.29, 0.717) is 25.0 Å². The van der Waals surface area contributed by atoms with Crippen molar-refractivity contribution in [2.45, 2.75) is 44.3 Å². The lowest BCUT2D eigenvalue weighted by atomic mass is 9.90. The fourth-order valence-corrected chi connectivity index (χ4v) is 5.23. The van der Waals surface area contributed by atoms with Crippen LogP contribution in [0.1, 0.15) is 42.0 Å². The standard InChI is InChI=1S/C27H38N4O2.2ClH/c1-29(2)15-16-31-14-8-11-23(27(31)20-9-6-5-7-10-20)28-19-22-17-24-21(18-25(22)33-4)12-13-26(32)30(24)3;;/h5-7,9-10,17-18,23,27-28H,8,11-16,19H2,1-4H3;2*1H/t23-,27-;;/m0../s1. The number of amides is 1. The first-order chi connectivity index (χ1) is 16.0. The van der Waals surface area contributed by atoms with Gasteiger partial charge in [0.05, 0.1) is 13.2 Å². The number of methoxy groups -OCH3 is 1. The molecular weight excluding hydrogens is 483 g/mol. The molecule has 2 aromatic rings. The van der Waals surface area contributed by atoms with Crippen LogP contribution >= 0.6 is 24.8 Å². The molecule has 1 fully saturated rings. The molecule has 0 spiro atoms. The molecule has 1 N–H and O–H groups in total. The zero-order valence-corrected chi connectivity index (χ0v) is 23.0. The van der Waals surface area contributed by atoms with Crippen LogP contribution in [0.15, 0.2) is 42.5 Å². The van der Waals surface area contributed by atoms with Gasteiger partial charge in [-0.2, -0.15) is 0 Å². The molecule has 35 heavy (non-hydrogen) atoms. The van der Waals surface area contributed by atoms with Gasteiger partial charge in [-0.05, 0) is 63.2 Å². The lowest BCUT2D eigenvalue weighted by Gasteiger charge is -2.42. The molecule has 0 bridgehead atoms. The fourth-order valence-electron chi connectivity index (χ4n) is 5.23. The number of hydrogen-bond donors (Lipinski definition) is 1. The van der Waals surface area contributed by atoms with Crippen LogP contribution < -0.4 is 15.0 Å². The molecule has 1 amide bonds. The van der Waals surface area contributed by atoms with Crippen molar-refractivity contribution in [3.8, 4) is 5.75 Å². The summed E-state index contributed by atoms with van der Waals surface area (Å²) in [6, 6.07) is 15.8. The van der Waals surface area contributed by atoms with Gasteiger partial charge < -0.3 is 19.9 Å². The molecule has 2 heterocycles. The number of piperidine rings is 1. The van der Waals surface area contributed by atoms with Crippen LogP contribution in [0.5, 0.6) is 5.75 Å². The maximum atomic E-state index is 12.2. The van der Waals surface area contributed by atoms with E-state index in [1.807, 2.05) is 7.05 Å². The van der Waals surface area contributed by atoms with Crippen molar-refractivity contribution in [1.29, 1.82) is 0 Å². The summed E-state index contributed by atoms with van der Waals surface area (Å²) in [5.74, 6) is 1.08. The van der Waals surface area contributed by atoms with Crippen LogP contribution in [-0.2, 0) is 17.8 Å². The molecule has 0 saturated carbocycles. The van der Waals surface area contributed by atoms with E-state index >= 15 is 0 Å². The zero-order chi connectivity index (χ0) is 23.4. The predicted molar refractivity (Wildman–Crippen MR) is 148 cm³/mol. The monoisotopic (exact) mass is 522 g/mol. The molecular formula is C27H40Cl2N4O2. The maximum absolute atomic E-state index is 12.2. The van der Waals surface area contributed by atoms with Crippen LogP contribution in [0.4, 0.5) is 5.69 Å². The van der Waals surface area contributed by atoms with E-state index in [-0.39, 0.29) is 30.7 Å². The number of rotatable bonds is 8. The van der Waals surface area contributed by atoms with Crippen LogP contribution in [0.3, 0.4) is 0 Å². The van der Waals surface area contributed by atoms with Gasteiger partial charge in [-0.25, -0.2) is 0 Å². The Labute approximate surface area is 222 Å². The average molecular weight is 524 g/mol. The van der Waals surface area contributed by atoms with Gasteiger partial charge in [0.1, 0.15) is 5.75 Å². The van der Waals surface area contributed by atoms with Crippen LogP contribution in [-0.4, -0.2) is 69.6 Å². The third kappa shape index (κ3) is 6.89. The zero-order valence-electron chi connectivity index (χ0n) is 21.3. The van der Waals surface area contributed by atoms with Crippen LogP contribution in [0.2, 0.25) is 0 Å². The average Bonchev–Trinajstić information content (AvgIpc) is 2.83. The number of fused-ring (bicyclic) bond motifs is 1. The van der Waals surface area contributed by atoms with E-state index in [1.165, 1.54) is 17.5 Å². The summed E-state index contributed by atoms with van der Waals surface area (Å²) in [6.07, 6.45) is 3.67. The van der Waals surface area contributed by atoms with Crippen molar-refractivity contribution in [3.05, 3.63) is 59.2 Å². The van der Waals surface area contributed by atoms with Crippen molar-refractivity contribution < 1.29 is 9.53 Å². The van der Waals surface area contributed by atoms with Gasteiger partial charge in [0.15, 0.2) is 0 Å². The second kappa shape index (κ2) is 13.5. The lowest BCUT2D eigenvalue weighted by Crippen LogP contribution is -2.49. The largest absolute Gasteiger partial charge is 0.496 e. The topological polar surface area (TPSA) is 48.1 Å². The highest BCUT2D eigenvalue weighted by Gasteiger charge is 2.32. The summed E-state index contributed by atoms with van der Waals surface area (Å²) in [5.41, 5.74) is 4.68. The van der Waals surface area contributed by atoms with Gasteiger partial charge in [0.2, 0.25) is 5.91 Å². The minimum atomic E-state index is 0. The Morgan fingerprint density at radius 1 is 1.11 bits per heavy atom. The molecule has 0 aliphatic carbocycles. The molecule has 2 aromatic carbocycles. The number of carbonyl (C=O) groups excluding carboxylic acids is 1. The molecule has 0 unspecified atom stereocenters. The Hall–Kier alpha value is -1.83. The summed E-state index contributed by atoms with van der Waals surface area (Å²) < 4.78 is 5.75. The summed E-state index contributed by atoms with van der Waals surface area (Å²) in [5, 5.41) is 3.87. The quantitative estimate of drug-likeness (QED) is 0.559. The number of halogens is 2. The van der Waals surface area contributed by atoms with Crippen molar-refractivity contribution in [3.63, 3.8) is 0 Å². The molecule has 0 radical (unpaired) electrons. The molecule has 2 aliphatic rings. The molecule has 2 aliphatic heterocycles. The van der Waals surface area contributed by atoms with E-state index in [1.54, 1.807) is 12.0 Å². The molecule has 8 heteroatoms. The minimum Gasteiger partial charge on any atom is -0.496 e. The van der Waals surface area contributed by atoms with Gasteiger partial charge in [-0.15, -0.1) is 24.8 Å². The van der Waals surface area contributed by atoms with Crippen molar-refractivity contribution in [1.82, 2.24) is 15.1 Å². The number of anilines is 1. The third-order valence-corrected chi connectivity index (χ3v) is 7.09. The predicted octanol–water partition coefficient (Wildman–Crippen LogP) is 4.30. The number of nitrogens with one attached hydrogen (secondary N) is 1. The lowest BCUT2D eigenvalue weighted by molar-refractivity contribution is -0.118. The SMILES string of the molecule is COc1cc2c(cc1CN[C@H]1CCCN(CCN(C)C)[C@H]1c1ccccc1)N(C)C(=O)CC2.Cl.Cl. The first kappa shape index (κ1) is 29.4. The van der Waals surface area contributed by atoms with E-state index in [2.05, 4.69) is 71.7 Å². The van der Waals surface area contributed by atoms with Gasteiger partial charge in [-0.1, -0.05) is 30.3 Å². The van der Waals surface area contributed by atoms with Gasteiger partial charge >= 0.3 is 0 Å². The first-order valence-corrected chi connectivity index (χ1v) is 12.1. The highest BCUT2D eigenvalue weighted by molar-refractivity contribution is 5.96. The number of likely N-dealkylation sites (tertiary alicyclic amines) is 1. The van der Waals surface area contributed by atoms with Crippen molar-refractivity contribution >= 4 is 36.4 Å². The Bertz CT molecular complexity index is 958. The molecule has 0 aromatic heterocycles. The Morgan fingerprint density at radius 3 is 2.54 bits per heavy atom. The third-order valence-electron chi connectivity index (χ3n) is 7.09. The molecule has 2 atom stereocenters. The second-order valence-corrected chi connectivity index (χ2v) is 9.57. The van der Waals surface area contributed by atoms with Gasteiger partial charge in [-0.3, -0.25) is 9.69 Å². The number of benzene rings is 2. The van der Waals surface area contributed by atoms with E-state index < -0.39 is 0 Å². The molecule has 4 rings (SSSR count). The second-order valence-electron chi connectivity index (χ2n) is 9.57. The summed E-state index contributed by atoms with van der Waals surface area (Å²) in [4.78, 5) is 18.9. The van der Waals surface area contributed by atoms with E-state index in [0.717, 1.165) is 49.5 Å². The van der Waals surface area contributed by atoms with E-state index in [4.69, 9.17) is 4.74 Å². The summed E-state index contributed by atoms with van der Waals surface area (Å²) >= 11 is 0. The highest BCUT2D eigenvalue weighted by atomic mass is 35.5. The Kier molecular flexibility index (Phi) is 11.3. The summed E-state index contributed by atoms with van der Waals surface area (Å²) in [6.45, 7) is 3.95. The summed E-state index contributed by atoms with van der Waals surface area (Å²) in [7, 11) is 7.89. The van der Waals surface area contributed by atoms with E-state index in [9.17, 15) is 4.79 Å². The normalized spacial score (nSPS) is 20.1. The number of aryl methyl sites for hydroxylation is 1. The fraction of sp³-hybridized carbons (Fsp3) is 0.519. The van der Waals surface area contributed by atoms with Crippen LogP contribution in [0, 0.1) is 0 Å². The smallest absolute Gasteiger partial charge is 0.227 e. The number of carbonyl (C=O) groups is 1. The molecule has 194 valence electrons.